The monoisotopic (exact) mass is 297 g/mol. The van der Waals surface area contributed by atoms with Crippen LogP contribution in [0.25, 0.3) is 0 Å². The normalized spacial score (nSPS) is 25.8. The first-order valence-electron chi connectivity index (χ1n) is 8.36. The maximum absolute atomic E-state index is 5.99. The lowest BCUT2D eigenvalue weighted by Gasteiger charge is -2.31. The minimum absolute atomic E-state index is 0.259. The predicted molar refractivity (Wildman–Crippen MR) is 85.6 cm³/mol. The van der Waals surface area contributed by atoms with Crippen LogP contribution in [0.1, 0.15) is 54.6 Å². The van der Waals surface area contributed by atoms with E-state index in [9.17, 15) is 0 Å². The predicted octanol–water partition coefficient (Wildman–Crippen LogP) is 3.30. The number of aromatic amines is 1. The molecule has 0 radical (unpaired) electrons. The average Bonchev–Trinajstić information content (AvgIpc) is 3.25. The van der Waals surface area contributed by atoms with Crippen molar-refractivity contribution in [1.29, 1.82) is 0 Å². The Morgan fingerprint density at radius 1 is 1.18 bits per heavy atom. The average molecular weight is 297 g/mol. The van der Waals surface area contributed by atoms with Crippen LogP contribution in [0.3, 0.4) is 0 Å². The lowest BCUT2D eigenvalue weighted by molar-refractivity contribution is 0.0728. The molecule has 1 aliphatic carbocycles. The number of ether oxygens (including phenoxy) is 1. The third kappa shape index (κ3) is 2.69. The quantitative estimate of drug-likeness (QED) is 0.910. The van der Waals surface area contributed by atoms with E-state index in [1.807, 2.05) is 6.20 Å². The molecular weight excluding hydrogens is 274 g/mol. The molecule has 4 rings (SSSR count). The summed E-state index contributed by atoms with van der Waals surface area (Å²) in [7, 11) is 0. The van der Waals surface area contributed by atoms with Gasteiger partial charge in [-0.2, -0.15) is 5.10 Å². The molecule has 0 bridgehead atoms. The molecular formula is C18H23N3O. The Balaban J connectivity index is 1.59. The van der Waals surface area contributed by atoms with Gasteiger partial charge < -0.3 is 10.1 Å². The zero-order valence-corrected chi connectivity index (χ0v) is 12.8. The molecule has 0 amide bonds. The molecule has 1 saturated heterocycles. The molecule has 22 heavy (non-hydrogen) atoms. The van der Waals surface area contributed by atoms with E-state index in [1.54, 1.807) is 0 Å². The fraction of sp³-hybridized carbons (Fsp3) is 0.500. The molecule has 1 aromatic carbocycles. The Bertz CT molecular complexity index is 604. The molecule has 4 heteroatoms. The molecule has 116 valence electrons. The van der Waals surface area contributed by atoms with E-state index in [0.29, 0.717) is 6.04 Å². The molecule has 1 aromatic heterocycles. The molecule has 1 fully saturated rings. The van der Waals surface area contributed by atoms with Crippen molar-refractivity contribution in [3.63, 3.8) is 0 Å². The number of hydrogen-bond donors (Lipinski definition) is 2. The van der Waals surface area contributed by atoms with Gasteiger partial charge in [-0.25, -0.2) is 0 Å². The van der Waals surface area contributed by atoms with E-state index in [4.69, 9.17) is 4.74 Å². The molecule has 0 saturated carbocycles. The van der Waals surface area contributed by atoms with Gasteiger partial charge in [-0.05, 0) is 37.7 Å². The van der Waals surface area contributed by atoms with Crippen LogP contribution in [0.4, 0.5) is 0 Å². The maximum Gasteiger partial charge on any atom is 0.0770 e. The standard InChI is InChI=1S/C18H23N3O/c1-2-6-13(7-3-1)18(17-10-5-11-22-17)20-15-8-4-9-16-14(15)12-19-21-16/h1-3,6-7,12,15,17-18,20H,4-5,8-11H2,(H,19,21). The van der Waals surface area contributed by atoms with E-state index >= 15 is 0 Å². The highest BCUT2D eigenvalue weighted by Crippen LogP contribution is 2.34. The van der Waals surface area contributed by atoms with Crippen molar-refractivity contribution in [3.05, 3.63) is 53.3 Å². The lowest BCUT2D eigenvalue weighted by Crippen LogP contribution is -2.35. The van der Waals surface area contributed by atoms with E-state index < -0.39 is 0 Å². The molecule has 4 nitrogen and oxygen atoms in total. The van der Waals surface area contributed by atoms with Crippen LogP contribution in [0.15, 0.2) is 36.5 Å². The van der Waals surface area contributed by atoms with Crippen LogP contribution in [0.2, 0.25) is 0 Å². The summed E-state index contributed by atoms with van der Waals surface area (Å²) >= 11 is 0. The number of H-pyrrole nitrogens is 1. The summed E-state index contributed by atoms with van der Waals surface area (Å²) in [5, 5.41) is 11.3. The van der Waals surface area contributed by atoms with Crippen molar-refractivity contribution in [1.82, 2.24) is 15.5 Å². The highest BCUT2D eigenvalue weighted by atomic mass is 16.5. The van der Waals surface area contributed by atoms with Crippen LogP contribution < -0.4 is 5.32 Å². The van der Waals surface area contributed by atoms with Crippen molar-refractivity contribution in [2.45, 2.75) is 50.3 Å². The molecule has 2 aliphatic rings. The fourth-order valence-electron chi connectivity index (χ4n) is 3.80. The van der Waals surface area contributed by atoms with Crippen LogP contribution in [0, 0.1) is 0 Å². The van der Waals surface area contributed by atoms with Gasteiger partial charge in [0.1, 0.15) is 0 Å². The molecule has 3 atom stereocenters. The fourth-order valence-corrected chi connectivity index (χ4v) is 3.80. The van der Waals surface area contributed by atoms with Crippen molar-refractivity contribution < 1.29 is 4.74 Å². The van der Waals surface area contributed by atoms with Crippen LogP contribution >= 0.6 is 0 Å². The first kappa shape index (κ1) is 14.0. The maximum atomic E-state index is 5.99. The summed E-state index contributed by atoms with van der Waals surface area (Å²) < 4.78 is 5.99. The van der Waals surface area contributed by atoms with Crippen LogP contribution in [0.5, 0.6) is 0 Å². The first-order valence-corrected chi connectivity index (χ1v) is 8.36. The molecule has 0 spiro atoms. The highest BCUT2D eigenvalue weighted by molar-refractivity contribution is 5.26. The minimum Gasteiger partial charge on any atom is -0.376 e. The van der Waals surface area contributed by atoms with Crippen molar-refractivity contribution >= 4 is 0 Å². The van der Waals surface area contributed by atoms with E-state index in [0.717, 1.165) is 25.9 Å². The highest BCUT2D eigenvalue weighted by Gasteiger charge is 2.31. The second kappa shape index (κ2) is 6.23. The Hall–Kier alpha value is -1.65. The molecule has 2 aromatic rings. The Kier molecular flexibility index (Phi) is 3.95. The summed E-state index contributed by atoms with van der Waals surface area (Å²) in [6.07, 6.45) is 8.06. The number of benzene rings is 1. The SMILES string of the molecule is c1ccc(C(NC2CCCc3[nH]ncc32)C2CCCO2)cc1. The summed E-state index contributed by atoms with van der Waals surface area (Å²) in [6.45, 7) is 0.886. The van der Waals surface area contributed by atoms with E-state index in [2.05, 4.69) is 45.8 Å². The Morgan fingerprint density at radius 3 is 2.91 bits per heavy atom. The first-order chi connectivity index (χ1) is 10.9. The number of hydrogen-bond acceptors (Lipinski definition) is 3. The molecule has 2 heterocycles. The van der Waals surface area contributed by atoms with Gasteiger partial charge in [0.15, 0.2) is 0 Å². The van der Waals surface area contributed by atoms with Crippen molar-refractivity contribution in [2.75, 3.05) is 6.61 Å². The van der Waals surface area contributed by atoms with Crippen molar-refractivity contribution in [3.8, 4) is 0 Å². The van der Waals surface area contributed by atoms with Gasteiger partial charge >= 0.3 is 0 Å². The summed E-state index contributed by atoms with van der Waals surface area (Å²) in [4.78, 5) is 0. The summed E-state index contributed by atoms with van der Waals surface area (Å²) in [5.41, 5.74) is 3.96. The molecule has 1 aliphatic heterocycles. The van der Waals surface area contributed by atoms with Crippen LogP contribution in [-0.4, -0.2) is 22.9 Å². The lowest BCUT2D eigenvalue weighted by atomic mass is 9.90. The van der Waals surface area contributed by atoms with Gasteiger partial charge in [0.2, 0.25) is 0 Å². The van der Waals surface area contributed by atoms with Gasteiger partial charge in [-0.3, -0.25) is 5.10 Å². The largest absolute Gasteiger partial charge is 0.376 e. The number of aromatic nitrogens is 2. The third-order valence-corrected chi connectivity index (χ3v) is 4.92. The van der Waals surface area contributed by atoms with Crippen molar-refractivity contribution in [2.24, 2.45) is 0 Å². The third-order valence-electron chi connectivity index (χ3n) is 4.92. The molecule has 2 N–H and O–H groups in total. The van der Waals surface area contributed by atoms with E-state index in [-0.39, 0.29) is 12.1 Å². The van der Waals surface area contributed by atoms with Gasteiger partial charge in [0.05, 0.1) is 18.3 Å². The number of nitrogens with zero attached hydrogens (tertiary/aromatic N) is 1. The van der Waals surface area contributed by atoms with E-state index in [1.165, 1.54) is 29.7 Å². The smallest absolute Gasteiger partial charge is 0.0770 e. The van der Waals surface area contributed by atoms with Gasteiger partial charge in [0.25, 0.3) is 0 Å². The second-order valence-electron chi connectivity index (χ2n) is 6.36. The number of aryl methyl sites for hydroxylation is 1. The number of fused-ring (bicyclic) bond motifs is 1. The summed E-state index contributed by atoms with van der Waals surface area (Å²) in [5.74, 6) is 0. The summed E-state index contributed by atoms with van der Waals surface area (Å²) in [6, 6.07) is 11.3. The Morgan fingerprint density at radius 2 is 2.09 bits per heavy atom. The molecule has 3 unspecified atom stereocenters. The zero-order chi connectivity index (χ0) is 14.8. The van der Waals surface area contributed by atoms with Gasteiger partial charge in [0, 0.05) is 23.9 Å². The Labute approximate surface area is 131 Å². The number of rotatable bonds is 4. The van der Waals surface area contributed by atoms with Gasteiger partial charge in [-0.15, -0.1) is 0 Å². The van der Waals surface area contributed by atoms with Crippen LogP contribution in [-0.2, 0) is 11.2 Å². The number of nitrogens with one attached hydrogen (secondary N) is 2. The second-order valence-corrected chi connectivity index (χ2v) is 6.36. The topological polar surface area (TPSA) is 49.9 Å². The zero-order valence-electron chi connectivity index (χ0n) is 12.8. The minimum atomic E-state index is 0.259. The van der Waals surface area contributed by atoms with Gasteiger partial charge in [-0.1, -0.05) is 30.3 Å².